The second-order valence-corrected chi connectivity index (χ2v) is 9.22. The number of nitrogens with two attached hydrogens (primary N) is 1. The van der Waals surface area contributed by atoms with E-state index in [1.54, 1.807) is 20.8 Å². The molecule has 108 valence electrons. The van der Waals surface area contributed by atoms with Crippen molar-refractivity contribution in [2.45, 2.75) is 51.3 Å². The van der Waals surface area contributed by atoms with Crippen LogP contribution < -0.4 is 5.73 Å². The van der Waals surface area contributed by atoms with Gasteiger partial charge >= 0.3 is 0 Å². The number of piperidine rings is 1. The fourth-order valence-corrected chi connectivity index (χ4v) is 3.43. The Morgan fingerprint density at radius 1 is 1.33 bits per heavy atom. The molecule has 0 aliphatic carbocycles. The van der Waals surface area contributed by atoms with Crippen LogP contribution in [0.15, 0.2) is 0 Å². The molecule has 2 unspecified atom stereocenters. The van der Waals surface area contributed by atoms with E-state index in [4.69, 9.17) is 5.73 Å². The summed E-state index contributed by atoms with van der Waals surface area (Å²) in [7, 11) is -3.01. The van der Waals surface area contributed by atoms with E-state index in [9.17, 15) is 8.42 Å². The summed E-state index contributed by atoms with van der Waals surface area (Å²) in [6, 6.07) is 0.283. The van der Waals surface area contributed by atoms with Crippen molar-refractivity contribution < 1.29 is 8.42 Å². The maximum atomic E-state index is 12.1. The zero-order valence-electron chi connectivity index (χ0n) is 12.1. The van der Waals surface area contributed by atoms with Gasteiger partial charge in [-0.3, -0.25) is 0 Å². The first kappa shape index (κ1) is 15.9. The molecule has 1 fully saturated rings. The quantitative estimate of drug-likeness (QED) is 0.839. The van der Waals surface area contributed by atoms with Crippen molar-refractivity contribution in [3.63, 3.8) is 0 Å². The highest BCUT2D eigenvalue weighted by molar-refractivity contribution is 7.92. The smallest absolute Gasteiger partial charge is 0.156 e. The second kappa shape index (κ2) is 5.88. The molecule has 0 aromatic heterocycles. The normalized spacial score (nSPS) is 27.4. The van der Waals surface area contributed by atoms with Crippen LogP contribution in [-0.4, -0.2) is 49.5 Å². The molecule has 0 amide bonds. The summed E-state index contributed by atoms with van der Waals surface area (Å²) in [5.74, 6) is 0.762. The topological polar surface area (TPSA) is 63.4 Å². The molecule has 2 atom stereocenters. The average molecular weight is 276 g/mol. The van der Waals surface area contributed by atoms with Crippen LogP contribution in [0.1, 0.15) is 40.5 Å². The SMILES string of the molecule is CCC1CN(CCS(=O)(=O)C(C)(C)C)CCC1N. The molecular weight excluding hydrogens is 248 g/mol. The molecule has 1 aliphatic rings. The van der Waals surface area contributed by atoms with E-state index in [1.807, 2.05) is 0 Å². The molecule has 0 saturated carbocycles. The Hall–Kier alpha value is -0.130. The van der Waals surface area contributed by atoms with Crippen LogP contribution in [-0.2, 0) is 9.84 Å². The van der Waals surface area contributed by atoms with E-state index in [2.05, 4.69) is 11.8 Å². The maximum Gasteiger partial charge on any atom is 0.156 e. The van der Waals surface area contributed by atoms with Gasteiger partial charge in [0.25, 0.3) is 0 Å². The molecular formula is C13H28N2O2S. The monoisotopic (exact) mass is 276 g/mol. The van der Waals surface area contributed by atoms with E-state index in [0.29, 0.717) is 12.5 Å². The van der Waals surface area contributed by atoms with Gasteiger partial charge in [-0.1, -0.05) is 13.3 Å². The van der Waals surface area contributed by atoms with Crippen molar-refractivity contribution in [3.8, 4) is 0 Å². The number of hydrogen-bond donors (Lipinski definition) is 1. The van der Waals surface area contributed by atoms with Crippen LogP contribution in [0.25, 0.3) is 0 Å². The Kier molecular flexibility index (Phi) is 5.21. The summed E-state index contributed by atoms with van der Waals surface area (Å²) < 4.78 is 23.5. The molecule has 18 heavy (non-hydrogen) atoms. The average Bonchev–Trinajstić information content (AvgIpc) is 2.26. The van der Waals surface area contributed by atoms with E-state index < -0.39 is 14.6 Å². The maximum absolute atomic E-state index is 12.1. The van der Waals surface area contributed by atoms with E-state index in [1.165, 1.54) is 0 Å². The first-order valence-corrected chi connectivity index (χ1v) is 8.53. The van der Waals surface area contributed by atoms with Gasteiger partial charge in [0.1, 0.15) is 0 Å². The summed E-state index contributed by atoms with van der Waals surface area (Å²) in [5.41, 5.74) is 6.06. The molecule has 1 aliphatic heterocycles. The molecule has 1 rings (SSSR count). The summed E-state index contributed by atoms with van der Waals surface area (Å²) in [6.45, 7) is 9.97. The second-order valence-electron chi connectivity index (χ2n) is 6.35. The molecule has 0 spiro atoms. The third kappa shape index (κ3) is 3.93. The Morgan fingerprint density at radius 2 is 1.94 bits per heavy atom. The minimum absolute atomic E-state index is 0.252. The summed E-state index contributed by atoms with van der Waals surface area (Å²) in [5, 5.41) is 0. The first-order valence-electron chi connectivity index (χ1n) is 6.87. The van der Waals surface area contributed by atoms with Crippen LogP contribution >= 0.6 is 0 Å². The molecule has 4 nitrogen and oxygen atoms in total. The summed E-state index contributed by atoms with van der Waals surface area (Å²) in [4.78, 5) is 2.25. The highest BCUT2D eigenvalue weighted by Gasteiger charge is 2.31. The van der Waals surface area contributed by atoms with Gasteiger partial charge in [0.15, 0.2) is 9.84 Å². The zero-order chi connectivity index (χ0) is 14.0. The molecule has 0 radical (unpaired) electrons. The minimum Gasteiger partial charge on any atom is -0.327 e. The van der Waals surface area contributed by atoms with Crippen LogP contribution in [0.4, 0.5) is 0 Å². The number of rotatable bonds is 4. The van der Waals surface area contributed by atoms with Gasteiger partial charge in [0.2, 0.25) is 0 Å². The van der Waals surface area contributed by atoms with Gasteiger partial charge in [-0.15, -0.1) is 0 Å². The van der Waals surface area contributed by atoms with E-state index >= 15 is 0 Å². The number of likely N-dealkylation sites (tertiary alicyclic amines) is 1. The lowest BCUT2D eigenvalue weighted by Gasteiger charge is -2.36. The number of nitrogens with zero attached hydrogens (tertiary/aromatic N) is 1. The van der Waals surface area contributed by atoms with E-state index in [-0.39, 0.29) is 11.8 Å². The lowest BCUT2D eigenvalue weighted by atomic mass is 9.91. The zero-order valence-corrected chi connectivity index (χ0v) is 13.0. The Balaban J connectivity index is 2.50. The third-order valence-corrected chi connectivity index (χ3v) is 6.60. The van der Waals surface area contributed by atoms with Crippen LogP contribution in [0.2, 0.25) is 0 Å². The van der Waals surface area contributed by atoms with Gasteiger partial charge < -0.3 is 10.6 Å². The Labute approximate surface area is 112 Å². The number of hydrogen-bond acceptors (Lipinski definition) is 4. The van der Waals surface area contributed by atoms with Crippen molar-refractivity contribution in [1.82, 2.24) is 4.90 Å². The molecule has 5 heteroatoms. The van der Waals surface area contributed by atoms with Crippen LogP contribution in [0, 0.1) is 5.92 Å². The highest BCUT2D eigenvalue weighted by Crippen LogP contribution is 2.20. The molecule has 2 N–H and O–H groups in total. The van der Waals surface area contributed by atoms with Crippen LogP contribution in [0.5, 0.6) is 0 Å². The largest absolute Gasteiger partial charge is 0.327 e. The standard InChI is InChI=1S/C13H28N2O2S/c1-5-11-10-15(7-6-12(11)14)8-9-18(16,17)13(2,3)4/h11-12H,5-10,14H2,1-4H3. The van der Waals surface area contributed by atoms with Gasteiger partial charge in [0.05, 0.1) is 10.5 Å². The first-order chi connectivity index (χ1) is 8.17. The fraction of sp³-hybridized carbons (Fsp3) is 1.00. The van der Waals surface area contributed by atoms with Gasteiger partial charge in [-0.25, -0.2) is 8.42 Å². The third-order valence-electron chi connectivity index (χ3n) is 4.01. The molecule has 0 aromatic rings. The van der Waals surface area contributed by atoms with Crippen molar-refractivity contribution in [1.29, 1.82) is 0 Å². The van der Waals surface area contributed by atoms with Crippen LogP contribution in [0.3, 0.4) is 0 Å². The fourth-order valence-electron chi connectivity index (χ4n) is 2.32. The predicted molar refractivity (Wildman–Crippen MR) is 76.4 cm³/mol. The van der Waals surface area contributed by atoms with E-state index in [0.717, 1.165) is 25.9 Å². The summed E-state index contributed by atoms with van der Waals surface area (Å²) >= 11 is 0. The Bertz CT molecular complexity index is 360. The van der Waals surface area contributed by atoms with Crippen molar-refractivity contribution in [3.05, 3.63) is 0 Å². The molecule has 0 aromatic carbocycles. The van der Waals surface area contributed by atoms with Gasteiger partial charge in [0, 0.05) is 19.1 Å². The minimum atomic E-state index is -3.01. The molecule has 0 bridgehead atoms. The highest BCUT2D eigenvalue weighted by atomic mass is 32.2. The summed E-state index contributed by atoms with van der Waals surface area (Å²) in [6.07, 6.45) is 2.05. The van der Waals surface area contributed by atoms with Crippen molar-refractivity contribution in [2.75, 3.05) is 25.4 Å². The number of sulfone groups is 1. The van der Waals surface area contributed by atoms with Gasteiger partial charge in [-0.05, 0) is 39.7 Å². The lowest BCUT2D eigenvalue weighted by molar-refractivity contribution is 0.159. The molecule has 1 heterocycles. The Morgan fingerprint density at radius 3 is 2.44 bits per heavy atom. The lowest BCUT2D eigenvalue weighted by Crippen LogP contribution is -2.48. The van der Waals surface area contributed by atoms with Gasteiger partial charge in [-0.2, -0.15) is 0 Å². The van der Waals surface area contributed by atoms with Crippen molar-refractivity contribution in [2.24, 2.45) is 11.7 Å². The van der Waals surface area contributed by atoms with Crippen molar-refractivity contribution >= 4 is 9.84 Å². The molecule has 1 saturated heterocycles. The predicted octanol–water partition coefficient (Wildman–Crippen LogP) is 1.26.